The molecule has 6 nitrogen and oxygen atoms in total. The van der Waals surface area contributed by atoms with Crippen molar-refractivity contribution in [3.8, 4) is 0 Å². The molecule has 2 rings (SSSR count). The molecular formula is C11H12ClN5O. The van der Waals surface area contributed by atoms with E-state index in [0.29, 0.717) is 11.6 Å². The van der Waals surface area contributed by atoms with Gasteiger partial charge >= 0.3 is 0 Å². The molecule has 18 heavy (non-hydrogen) atoms. The van der Waals surface area contributed by atoms with Gasteiger partial charge in [0.2, 0.25) is 5.91 Å². The summed E-state index contributed by atoms with van der Waals surface area (Å²) in [6, 6.07) is 6.89. The number of aromatic nitrogens is 4. The Morgan fingerprint density at radius 3 is 3.06 bits per heavy atom. The number of nitrogens with zero attached hydrogens (tertiary/aromatic N) is 4. The van der Waals surface area contributed by atoms with Gasteiger partial charge in [-0.25, -0.2) is 4.68 Å². The number of hydrogen-bond acceptors (Lipinski definition) is 4. The molecule has 1 aromatic heterocycles. The van der Waals surface area contributed by atoms with E-state index in [1.54, 1.807) is 13.0 Å². The summed E-state index contributed by atoms with van der Waals surface area (Å²) in [6.07, 6.45) is 1.41. The maximum Gasteiger partial charge on any atom is 0.244 e. The number of amides is 1. The second-order valence-corrected chi connectivity index (χ2v) is 4.25. The van der Waals surface area contributed by atoms with E-state index in [1.165, 1.54) is 11.0 Å². The Morgan fingerprint density at radius 1 is 1.56 bits per heavy atom. The molecule has 0 radical (unpaired) electrons. The fourth-order valence-corrected chi connectivity index (χ4v) is 1.66. The highest BCUT2D eigenvalue weighted by Crippen LogP contribution is 2.10. The maximum atomic E-state index is 11.8. The van der Waals surface area contributed by atoms with Crippen LogP contribution in [-0.2, 0) is 11.3 Å². The number of halogens is 1. The molecule has 1 atom stereocenters. The van der Waals surface area contributed by atoms with E-state index in [9.17, 15) is 4.79 Å². The lowest BCUT2D eigenvalue weighted by molar-refractivity contribution is -0.124. The molecule has 0 saturated carbocycles. The van der Waals surface area contributed by atoms with E-state index in [-0.39, 0.29) is 5.91 Å². The predicted molar refractivity (Wildman–Crippen MR) is 65.8 cm³/mol. The summed E-state index contributed by atoms with van der Waals surface area (Å²) >= 11 is 5.86. The summed E-state index contributed by atoms with van der Waals surface area (Å²) in [6.45, 7) is 2.15. The number of benzene rings is 1. The summed E-state index contributed by atoms with van der Waals surface area (Å²) in [4.78, 5) is 11.8. The molecule has 0 aliphatic heterocycles. The number of nitrogens with one attached hydrogen (secondary N) is 1. The van der Waals surface area contributed by atoms with Gasteiger partial charge in [-0.3, -0.25) is 4.79 Å². The molecule has 1 heterocycles. The van der Waals surface area contributed by atoms with Crippen molar-refractivity contribution in [1.82, 2.24) is 25.5 Å². The van der Waals surface area contributed by atoms with Gasteiger partial charge in [0.15, 0.2) is 0 Å². The van der Waals surface area contributed by atoms with Crippen LogP contribution in [0, 0.1) is 0 Å². The van der Waals surface area contributed by atoms with Crippen molar-refractivity contribution in [3.05, 3.63) is 41.2 Å². The highest BCUT2D eigenvalue weighted by Gasteiger charge is 2.15. The molecule has 1 N–H and O–H groups in total. The monoisotopic (exact) mass is 265 g/mol. The Morgan fingerprint density at radius 2 is 2.39 bits per heavy atom. The summed E-state index contributed by atoms with van der Waals surface area (Å²) in [5, 5.41) is 14.1. The number of carbonyl (C=O) groups is 1. The van der Waals surface area contributed by atoms with E-state index in [1.807, 2.05) is 18.2 Å². The van der Waals surface area contributed by atoms with E-state index in [4.69, 9.17) is 11.6 Å². The third-order valence-electron chi connectivity index (χ3n) is 2.50. The molecule has 0 spiro atoms. The highest BCUT2D eigenvalue weighted by molar-refractivity contribution is 6.30. The summed E-state index contributed by atoms with van der Waals surface area (Å²) in [5.74, 6) is -0.151. The van der Waals surface area contributed by atoms with Gasteiger partial charge in [-0.05, 0) is 35.0 Å². The van der Waals surface area contributed by atoms with Gasteiger partial charge in [0.25, 0.3) is 0 Å². The third kappa shape index (κ3) is 3.04. The topological polar surface area (TPSA) is 72.7 Å². The first-order chi connectivity index (χ1) is 8.66. The largest absolute Gasteiger partial charge is 0.350 e. The lowest BCUT2D eigenvalue weighted by Crippen LogP contribution is -2.30. The molecule has 0 fully saturated rings. The SMILES string of the molecule is CC(C(=O)NCc1cccc(Cl)c1)n1cnnn1. The van der Waals surface area contributed by atoms with Gasteiger partial charge in [0, 0.05) is 11.6 Å². The van der Waals surface area contributed by atoms with Crippen LogP contribution in [0.2, 0.25) is 5.02 Å². The van der Waals surface area contributed by atoms with Gasteiger partial charge in [-0.2, -0.15) is 0 Å². The van der Waals surface area contributed by atoms with Crippen molar-refractivity contribution in [2.75, 3.05) is 0 Å². The molecule has 2 aromatic rings. The Hall–Kier alpha value is -1.95. The minimum Gasteiger partial charge on any atom is -0.350 e. The summed E-state index contributed by atoms with van der Waals surface area (Å²) < 4.78 is 1.40. The van der Waals surface area contributed by atoms with Crippen LogP contribution < -0.4 is 5.32 Å². The van der Waals surface area contributed by atoms with Gasteiger partial charge < -0.3 is 5.32 Å². The lowest BCUT2D eigenvalue weighted by atomic mass is 10.2. The van der Waals surface area contributed by atoms with Crippen LogP contribution in [0.4, 0.5) is 0 Å². The smallest absolute Gasteiger partial charge is 0.244 e. The minimum absolute atomic E-state index is 0.151. The lowest BCUT2D eigenvalue weighted by Gasteiger charge is -2.11. The van der Waals surface area contributed by atoms with Crippen molar-refractivity contribution < 1.29 is 4.79 Å². The van der Waals surface area contributed by atoms with Gasteiger partial charge in [-0.1, -0.05) is 23.7 Å². The molecule has 0 aliphatic carbocycles. The van der Waals surface area contributed by atoms with Crippen molar-refractivity contribution in [2.45, 2.75) is 19.5 Å². The van der Waals surface area contributed by atoms with Crippen molar-refractivity contribution in [1.29, 1.82) is 0 Å². The molecular weight excluding hydrogens is 254 g/mol. The standard InChI is InChI=1S/C11H12ClN5O/c1-8(17-7-14-15-16-17)11(18)13-6-9-3-2-4-10(12)5-9/h2-5,7-8H,6H2,1H3,(H,13,18). The Kier molecular flexibility index (Phi) is 3.88. The number of carbonyl (C=O) groups excluding carboxylic acids is 1. The van der Waals surface area contributed by atoms with E-state index in [2.05, 4.69) is 20.8 Å². The first-order valence-electron chi connectivity index (χ1n) is 5.41. The molecule has 7 heteroatoms. The molecule has 94 valence electrons. The van der Waals surface area contributed by atoms with Crippen molar-refractivity contribution in [2.24, 2.45) is 0 Å². The maximum absolute atomic E-state index is 11.8. The van der Waals surface area contributed by atoms with Crippen molar-refractivity contribution in [3.63, 3.8) is 0 Å². The van der Waals surface area contributed by atoms with E-state index >= 15 is 0 Å². The summed E-state index contributed by atoms with van der Waals surface area (Å²) in [7, 11) is 0. The van der Waals surface area contributed by atoms with Crippen LogP contribution in [-0.4, -0.2) is 26.1 Å². The van der Waals surface area contributed by atoms with Crippen LogP contribution in [0.3, 0.4) is 0 Å². The number of rotatable bonds is 4. The molecule has 0 saturated heterocycles. The van der Waals surface area contributed by atoms with Crippen LogP contribution in [0.15, 0.2) is 30.6 Å². The molecule has 0 bridgehead atoms. The molecule has 1 aromatic carbocycles. The fraction of sp³-hybridized carbons (Fsp3) is 0.273. The van der Waals surface area contributed by atoms with E-state index in [0.717, 1.165) is 5.56 Å². The second-order valence-electron chi connectivity index (χ2n) is 3.81. The van der Waals surface area contributed by atoms with Crippen molar-refractivity contribution >= 4 is 17.5 Å². The summed E-state index contributed by atoms with van der Waals surface area (Å²) in [5.41, 5.74) is 0.944. The Bertz CT molecular complexity index is 528. The fourth-order valence-electron chi connectivity index (χ4n) is 1.45. The number of hydrogen-bond donors (Lipinski definition) is 1. The zero-order valence-electron chi connectivity index (χ0n) is 9.75. The Labute approximate surface area is 109 Å². The molecule has 0 aliphatic rings. The van der Waals surface area contributed by atoms with Gasteiger partial charge in [0.05, 0.1) is 0 Å². The van der Waals surface area contributed by atoms with Crippen LogP contribution in [0.25, 0.3) is 0 Å². The van der Waals surface area contributed by atoms with Gasteiger partial charge in [-0.15, -0.1) is 5.10 Å². The molecule has 1 unspecified atom stereocenters. The number of tetrazole rings is 1. The van der Waals surface area contributed by atoms with E-state index < -0.39 is 6.04 Å². The quantitative estimate of drug-likeness (QED) is 0.902. The average molecular weight is 266 g/mol. The van der Waals surface area contributed by atoms with Crippen LogP contribution in [0.5, 0.6) is 0 Å². The molecule has 1 amide bonds. The zero-order chi connectivity index (χ0) is 13.0. The average Bonchev–Trinajstić information content (AvgIpc) is 2.89. The first kappa shape index (κ1) is 12.5. The van der Waals surface area contributed by atoms with Crippen LogP contribution in [0.1, 0.15) is 18.5 Å². The predicted octanol–water partition coefficient (Wildman–Crippen LogP) is 1.20. The second kappa shape index (κ2) is 5.59. The first-order valence-corrected chi connectivity index (χ1v) is 5.79. The van der Waals surface area contributed by atoms with Gasteiger partial charge in [0.1, 0.15) is 12.4 Å². The third-order valence-corrected chi connectivity index (χ3v) is 2.73. The highest BCUT2D eigenvalue weighted by atomic mass is 35.5. The van der Waals surface area contributed by atoms with Crippen LogP contribution >= 0.6 is 11.6 Å². The zero-order valence-corrected chi connectivity index (χ0v) is 10.5. The normalized spacial score (nSPS) is 12.1. The Balaban J connectivity index is 1.92. The minimum atomic E-state index is -0.445.